The minimum atomic E-state index is -1.24. The van der Waals surface area contributed by atoms with Gasteiger partial charge in [0.2, 0.25) is 0 Å². The number of fused-ring (bicyclic) bond motifs is 1. The molecule has 9 nitrogen and oxygen atoms in total. The average molecular weight is 417 g/mol. The van der Waals surface area contributed by atoms with Gasteiger partial charge in [-0.1, -0.05) is 6.07 Å². The predicted molar refractivity (Wildman–Crippen MR) is 110 cm³/mol. The number of anilines is 2. The molecule has 0 fully saturated rings. The van der Waals surface area contributed by atoms with Crippen LogP contribution in [0.4, 0.5) is 11.4 Å². The summed E-state index contributed by atoms with van der Waals surface area (Å²) in [6, 6.07) is 11.4. The second-order valence-electron chi connectivity index (χ2n) is 6.76. The molecular weight excluding hydrogens is 402 g/mol. The first-order valence-corrected chi connectivity index (χ1v) is 9.13. The molecule has 0 spiro atoms. The summed E-state index contributed by atoms with van der Waals surface area (Å²) < 4.78 is 0. The third-order valence-corrected chi connectivity index (χ3v) is 4.83. The van der Waals surface area contributed by atoms with E-state index in [-0.39, 0.29) is 27.9 Å². The monoisotopic (exact) mass is 417 g/mol. The highest BCUT2D eigenvalue weighted by Gasteiger charge is 2.37. The third kappa shape index (κ3) is 3.60. The summed E-state index contributed by atoms with van der Waals surface area (Å²) in [5.74, 6) is -3.82. The lowest BCUT2D eigenvalue weighted by atomic mass is 10.1. The molecule has 0 aliphatic carbocycles. The number of carboxylic acids is 2. The van der Waals surface area contributed by atoms with Gasteiger partial charge in [0.15, 0.2) is 0 Å². The van der Waals surface area contributed by atoms with Crippen molar-refractivity contribution in [2.24, 2.45) is 0 Å². The zero-order valence-corrected chi connectivity index (χ0v) is 15.9. The Balaban J connectivity index is 1.66. The number of hydrogen-bond acceptors (Lipinski definition) is 6. The molecule has 154 valence electrons. The molecule has 4 rings (SSSR count). The summed E-state index contributed by atoms with van der Waals surface area (Å²) in [4.78, 5) is 53.4. The zero-order chi connectivity index (χ0) is 22.1. The van der Waals surface area contributed by atoms with Crippen LogP contribution < -0.4 is 10.2 Å². The van der Waals surface area contributed by atoms with E-state index in [9.17, 15) is 24.3 Å². The van der Waals surface area contributed by atoms with Crippen LogP contribution in [0.15, 0.2) is 60.9 Å². The fourth-order valence-electron chi connectivity index (χ4n) is 3.31. The Kier molecular flexibility index (Phi) is 4.92. The molecule has 2 aromatic carbocycles. The average Bonchev–Trinajstić information content (AvgIpc) is 3.02. The normalized spacial score (nSPS) is 12.6. The quantitative estimate of drug-likeness (QED) is 0.521. The predicted octanol–water partition coefficient (Wildman–Crippen LogP) is 2.89. The maximum absolute atomic E-state index is 12.8. The largest absolute Gasteiger partial charge is 0.478 e. The van der Waals surface area contributed by atoms with E-state index in [1.54, 1.807) is 18.5 Å². The number of pyridine rings is 1. The Morgan fingerprint density at radius 2 is 1.71 bits per heavy atom. The Bertz CT molecular complexity index is 1240. The van der Waals surface area contributed by atoms with E-state index in [2.05, 4.69) is 10.3 Å². The highest BCUT2D eigenvalue weighted by atomic mass is 16.4. The number of aromatic carboxylic acids is 2. The van der Waals surface area contributed by atoms with Crippen LogP contribution in [0.2, 0.25) is 0 Å². The molecule has 0 saturated carbocycles. The van der Waals surface area contributed by atoms with E-state index < -0.39 is 23.8 Å². The van der Waals surface area contributed by atoms with Gasteiger partial charge in [-0.05, 0) is 48.0 Å². The van der Waals surface area contributed by atoms with E-state index >= 15 is 0 Å². The maximum Gasteiger partial charge on any atom is 0.337 e. The number of benzene rings is 2. The van der Waals surface area contributed by atoms with Crippen LogP contribution in [0.3, 0.4) is 0 Å². The number of aromatic nitrogens is 1. The molecule has 0 radical (unpaired) electrons. The number of nitrogens with one attached hydrogen (secondary N) is 1. The van der Waals surface area contributed by atoms with E-state index in [0.29, 0.717) is 12.2 Å². The van der Waals surface area contributed by atoms with Crippen LogP contribution in [0.25, 0.3) is 0 Å². The van der Waals surface area contributed by atoms with Crippen LogP contribution in [-0.4, -0.2) is 39.0 Å². The number of rotatable bonds is 6. The van der Waals surface area contributed by atoms with Crippen LogP contribution in [0.5, 0.6) is 0 Å². The standard InChI is InChI=1S/C22H15N3O6/c26-19-15-5-3-13(21(28)29)8-16(15)20(27)25(19)14-4-6-18(17(9-14)22(30)31)24-11-12-2-1-7-23-10-12/h1-10,24H,11H2,(H,28,29)(H,30,31). The second-order valence-corrected chi connectivity index (χ2v) is 6.76. The first-order valence-electron chi connectivity index (χ1n) is 9.13. The molecule has 0 unspecified atom stereocenters. The van der Waals surface area contributed by atoms with Gasteiger partial charge in [0.1, 0.15) is 0 Å². The Hall–Kier alpha value is -4.53. The molecule has 31 heavy (non-hydrogen) atoms. The van der Waals surface area contributed by atoms with Crippen LogP contribution in [0, 0.1) is 0 Å². The van der Waals surface area contributed by atoms with Crippen molar-refractivity contribution >= 4 is 35.1 Å². The van der Waals surface area contributed by atoms with Crippen LogP contribution in [-0.2, 0) is 6.54 Å². The summed E-state index contributed by atoms with van der Waals surface area (Å²) >= 11 is 0. The molecule has 1 aliphatic heterocycles. The number of hydrogen-bond donors (Lipinski definition) is 3. The van der Waals surface area contributed by atoms with Gasteiger partial charge < -0.3 is 15.5 Å². The van der Waals surface area contributed by atoms with Gasteiger partial charge in [-0.3, -0.25) is 14.6 Å². The Morgan fingerprint density at radius 1 is 0.935 bits per heavy atom. The van der Waals surface area contributed by atoms with Crippen molar-refractivity contribution in [1.29, 1.82) is 0 Å². The zero-order valence-electron chi connectivity index (χ0n) is 15.9. The molecule has 3 N–H and O–H groups in total. The van der Waals surface area contributed by atoms with Gasteiger partial charge in [-0.2, -0.15) is 0 Å². The van der Waals surface area contributed by atoms with E-state index in [0.717, 1.165) is 16.5 Å². The van der Waals surface area contributed by atoms with Crippen molar-refractivity contribution in [3.05, 3.63) is 88.7 Å². The number of imide groups is 1. The van der Waals surface area contributed by atoms with E-state index in [4.69, 9.17) is 5.11 Å². The summed E-state index contributed by atoms with van der Waals surface area (Å²) in [6.45, 7) is 0.332. The second kappa shape index (κ2) is 7.71. The summed E-state index contributed by atoms with van der Waals surface area (Å²) in [6.07, 6.45) is 3.27. The molecule has 0 bridgehead atoms. The van der Waals surface area contributed by atoms with Gasteiger partial charge in [-0.15, -0.1) is 0 Å². The Labute approximate surface area is 175 Å². The first kappa shape index (κ1) is 19.8. The lowest BCUT2D eigenvalue weighted by Gasteiger charge is -2.17. The smallest absolute Gasteiger partial charge is 0.337 e. The highest BCUT2D eigenvalue weighted by Crippen LogP contribution is 2.31. The molecule has 0 atom stereocenters. The number of carbonyl (C=O) groups is 4. The topological polar surface area (TPSA) is 137 Å². The molecule has 1 aromatic heterocycles. The van der Waals surface area contributed by atoms with Crippen molar-refractivity contribution in [3.8, 4) is 0 Å². The molecule has 2 amide bonds. The van der Waals surface area contributed by atoms with E-state index in [1.165, 1.54) is 30.3 Å². The van der Waals surface area contributed by atoms with Gasteiger partial charge >= 0.3 is 11.9 Å². The molecule has 9 heteroatoms. The number of amides is 2. The lowest BCUT2D eigenvalue weighted by Crippen LogP contribution is -2.29. The van der Waals surface area contributed by atoms with Gasteiger partial charge in [0.25, 0.3) is 11.8 Å². The fourth-order valence-corrected chi connectivity index (χ4v) is 3.31. The third-order valence-electron chi connectivity index (χ3n) is 4.83. The minimum absolute atomic E-state index is 0.0412. The number of carboxylic acid groups (broad SMARTS) is 2. The molecule has 0 saturated heterocycles. The van der Waals surface area contributed by atoms with Crippen molar-refractivity contribution < 1.29 is 29.4 Å². The van der Waals surface area contributed by atoms with Gasteiger partial charge in [0.05, 0.1) is 27.9 Å². The summed E-state index contributed by atoms with van der Waals surface area (Å²) in [5, 5.41) is 21.8. The lowest BCUT2D eigenvalue weighted by molar-refractivity contribution is 0.0686. The number of carbonyl (C=O) groups excluding carboxylic acids is 2. The highest BCUT2D eigenvalue weighted by molar-refractivity contribution is 6.34. The van der Waals surface area contributed by atoms with Crippen molar-refractivity contribution in [1.82, 2.24) is 4.98 Å². The summed E-state index contributed by atoms with van der Waals surface area (Å²) in [5.41, 5.74) is 1.01. The summed E-state index contributed by atoms with van der Waals surface area (Å²) in [7, 11) is 0. The molecule has 3 aromatic rings. The van der Waals surface area contributed by atoms with E-state index in [1.807, 2.05) is 6.07 Å². The Morgan fingerprint density at radius 3 is 2.39 bits per heavy atom. The van der Waals surface area contributed by atoms with Crippen molar-refractivity contribution in [2.75, 3.05) is 10.2 Å². The van der Waals surface area contributed by atoms with Crippen LogP contribution >= 0.6 is 0 Å². The fraction of sp³-hybridized carbons (Fsp3) is 0.0455. The van der Waals surface area contributed by atoms with Crippen molar-refractivity contribution in [2.45, 2.75) is 6.54 Å². The molecule has 1 aliphatic rings. The van der Waals surface area contributed by atoms with Crippen molar-refractivity contribution in [3.63, 3.8) is 0 Å². The van der Waals surface area contributed by atoms with Gasteiger partial charge in [-0.25, -0.2) is 14.5 Å². The SMILES string of the molecule is O=C(O)c1ccc2c(c1)C(=O)N(c1ccc(NCc3cccnc3)c(C(=O)O)c1)C2=O. The minimum Gasteiger partial charge on any atom is -0.478 e. The number of nitrogens with zero attached hydrogens (tertiary/aromatic N) is 2. The first-order chi connectivity index (χ1) is 14.9. The molecular formula is C22H15N3O6. The van der Waals surface area contributed by atoms with Crippen LogP contribution in [0.1, 0.15) is 47.0 Å². The maximum atomic E-state index is 12.8. The van der Waals surface area contributed by atoms with Gasteiger partial charge in [0, 0.05) is 24.6 Å². The molecule has 2 heterocycles.